The lowest BCUT2D eigenvalue weighted by atomic mass is 10.2. The number of hydrogen-bond donors (Lipinski definition) is 1. The van der Waals surface area contributed by atoms with Gasteiger partial charge >= 0.3 is 5.97 Å². The number of carbonyl (C=O) groups excluding carboxylic acids is 2. The number of rotatable bonds is 5. The Morgan fingerprint density at radius 3 is 2.72 bits per heavy atom. The average Bonchev–Trinajstić information content (AvgIpc) is 2.36. The predicted octanol–water partition coefficient (Wildman–Crippen LogP) is 2.55. The topological polar surface area (TPSA) is 55.4 Å². The fraction of sp³-hybridized carbons (Fsp3) is 0.385. The van der Waals surface area contributed by atoms with Gasteiger partial charge in [-0.3, -0.25) is 9.59 Å². The predicted molar refractivity (Wildman–Crippen MR) is 72.6 cm³/mol. The second kappa shape index (κ2) is 7.06. The molecule has 0 heterocycles. The maximum atomic E-state index is 11.5. The third kappa shape index (κ3) is 4.79. The smallest absolute Gasteiger partial charge is 0.308 e. The second-order valence-electron chi connectivity index (χ2n) is 4.04. The Morgan fingerprint density at radius 1 is 1.39 bits per heavy atom. The zero-order chi connectivity index (χ0) is 13.5. The molecule has 0 fully saturated rings. The number of hydrogen-bond acceptors (Lipinski definition) is 4. The van der Waals surface area contributed by atoms with Crippen molar-refractivity contribution < 1.29 is 14.3 Å². The fourth-order valence-corrected chi connectivity index (χ4v) is 1.66. The highest BCUT2D eigenvalue weighted by atomic mass is 32.2. The Hall–Kier alpha value is -1.49. The van der Waals surface area contributed by atoms with E-state index in [0.717, 1.165) is 4.90 Å². The van der Waals surface area contributed by atoms with Crippen molar-refractivity contribution in [3.05, 3.63) is 24.3 Å². The number of ether oxygens (including phenoxy) is 1. The van der Waals surface area contributed by atoms with Gasteiger partial charge in [-0.15, -0.1) is 11.8 Å². The SMILES string of the molecule is CSc1cccc(NC(=O)COC(=O)C(C)C)c1. The van der Waals surface area contributed by atoms with Crippen LogP contribution in [-0.2, 0) is 14.3 Å². The van der Waals surface area contributed by atoms with E-state index in [1.807, 2.05) is 24.5 Å². The van der Waals surface area contributed by atoms with E-state index in [1.165, 1.54) is 0 Å². The summed E-state index contributed by atoms with van der Waals surface area (Å²) in [6.45, 7) is 3.20. The van der Waals surface area contributed by atoms with Gasteiger partial charge in [0.2, 0.25) is 0 Å². The molecule has 1 amide bonds. The summed E-state index contributed by atoms with van der Waals surface area (Å²) in [5, 5.41) is 2.68. The van der Waals surface area contributed by atoms with Crippen molar-refractivity contribution in [2.75, 3.05) is 18.2 Å². The first-order chi connectivity index (χ1) is 8.52. The van der Waals surface area contributed by atoms with Crippen LogP contribution in [0.5, 0.6) is 0 Å². The molecule has 0 aliphatic rings. The Morgan fingerprint density at radius 2 is 2.11 bits per heavy atom. The molecule has 0 unspecified atom stereocenters. The lowest BCUT2D eigenvalue weighted by Crippen LogP contribution is -2.22. The molecule has 1 rings (SSSR count). The molecule has 0 atom stereocenters. The van der Waals surface area contributed by atoms with Gasteiger partial charge in [-0.1, -0.05) is 19.9 Å². The molecule has 0 bridgehead atoms. The van der Waals surface area contributed by atoms with Crippen molar-refractivity contribution in [3.63, 3.8) is 0 Å². The fourth-order valence-electron chi connectivity index (χ4n) is 1.20. The summed E-state index contributed by atoms with van der Waals surface area (Å²) >= 11 is 1.60. The molecule has 1 N–H and O–H groups in total. The van der Waals surface area contributed by atoms with Crippen LogP contribution < -0.4 is 5.32 Å². The standard InChI is InChI=1S/C13H17NO3S/c1-9(2)13(16)17-8-12(15)14-10-5-4-6-11(7-10)18-3/h4-7,9H,8H2,1-3H3,(H,14,15). The Kier molecular flexibility index (Phi) is 5.71. The van der Waals surface area contributed by atoms with Gasteiger partial charge in [0.15, 0.2) is 6.61 Å². The molecule has 5 heteroatoms. The van der Waals surface area contributed by atoms with Crippen molar-refractivity contribution >= 4 is 29.3 Å². The van der Waals surface area contributed by atoms with E-state index in [9.17, 15) is 9.59 Å². The minimum absolute atomic E-state index is 0.224. The number of thioether (sulfide) groups is 1. The zero-order valence-electron chi connectivity index (χ0n) is 10.7. The molecule has 18 heavy (non-hydrogen) atoms. The van der Waals surface area contributed by atoms with E-state index in [-0.39, 0.29) is 24.4 Å². The molecule has 98 valence electrons. The molecule has 0 spiro atoms. The minimum atomic E-state index is -0.372. The summed E-state index contributed by atoms with van der Waals surface area (Å²) in [5.74, 6) is -0.928. The van der Waals surface area contributed by atoms with E-state index in [4.69, 9.17) is 4.74 Å². The molecular formula is C13H17NO3S. The number of anilines is 1. The second-order valence-corrected chi connectivity index (χ2v) is 4.92. The summed E-state index contributed by atoms with van der Waals surface area (Å²) in [6.07, 6.45) is 1.96. The summed E-state index contributed by atoms with van der Waals surface area (Å²) in [4.78, 5) is 23.8. The molecule has 4 nitrogen and oxygen atoms in total. The summed E-state index contributed by atoms with van der Waals surface area (Å²) in [7, 11) is 0. The first kappa shape index (κ1) is 14.6. The van der Waals surface area contributed by atoms with Crippen molar-refractivity contribution in [3.8, 4) is 0 Å². The van der Waals surface area contributed by atoms with Crippen molar-refractivity contribution in [2.45, 2.75) is 18.7 Å². The van der Waals surface area contributed by atoms with Crippen LogP contribution in [0.15, 0.2) is 29.2 Å². The lowest BCUT2D eigenvalue weighted by Gasteiger charge is -2.08. The van der Waals surface area contributed by atoms with E-state index in [2.05, 4.69) is 5.32 Å². The number of carbonyl (C=O) groups is 2. The third-order valence-electron chi connectivity index (χ3n) is 2.17. The van der Waals surface area contributed by atoms with Gasteiger partial charge < -0.3 is 10.1 Å². The molecule has 0 aromatic heterocycles. The van der Waals surface area contributed by atoms with Gasteiger partial charge in [-0.05, 0) is 24.5 Å². The van der Waals surface area contributed by atoms with Crippen LogP contribution in [0.1, 0.15) is 13.8 Å². The van der Waals surface area contributed by atoms with Crippen LogP contribution in [0.2, 0.25) is 0 Å². The normalized spacial score (nSPS) is 10.2. The van der Waals surface area contributed by atoms with Crippen LogP contribution in [-0.4, -0.2) is 24.7 Å². The first-order valence-corrected chi connectivity index (χ1v) is 6.86. The van der Waals surface area contributed by atoms with Gasteiger partial charge in [-0.2, -0.15) is 0 Å². The highest BCUT2D eigenvalue weighted by molar-refractivity contribution is 7.98. The molecule has 0 radical (unpaired) electrons. The van der Waals surface area contributed by atoms with Crippen LogP contribution in [0.3, 0.4) is 0 Å². The summed E-state index contributed by atoms with van der Waals surface area (Å²) < 4.78 is 4.84. The van der Waals surface area contributed by atoms with Gasteiger partial charge in [0.05, 0.1) is 5.92 Å². The average molecular weight is 267 g/mol. The molecule has 1 aromatic rings. The van der Waals surface area contributed by atoms with E-state index >= 15 is 0 Å². The van der Waals surface area contributed by atoms with Crippen LogP contribution >= 0.6 is 11.8 Å². The Balaban J connectivity index is 2.47. The number of amides is 1. The van der Waals surface area contributed by atoms with Gasteiger partial charge in [0.1, 0.15) is 0 Å². The van der Waals surface area contributed by atoms with E-state index < -0.39 is 0 Å². The van der Waals surface area contributed by atoms with Gasteiger partial charge in [-0.25, -0.2) is 0 Å². The molecular weight excluding hydrogens is 250 g/mol. The largest absolute Gasteiger partial charge is 0.455 e. The lowest BCUT2D eigenvalue weighted by molar-refractivity contribution is -0.150. The van der Waals surface area contributed by atoms with Gasteiger partial charge in [0.25, 0.3) is 5.91 Å². The highest BCUT2D eigenvalue weighted by Crippen LogP contribution is 2.18. The molecule has 0 saturated heterocycles. The van der Waals surface area contributed by atoms with Crippen LogP contribution in [0.25, 0.3) is 0 Å². The first-order valence-electron chi connectivity index (χ1n) is 5.63. The maximum absolute atomic E-state index is 11.5. The molecule has 1 aromatic carbocycles. The van der Waals surface area contributed by atoms with E-state index in [1.54, 1.807) is 31.7 Å². The van der Waals surface area contributed by atoms with Crippen LogP contribution in [0.4, 0.5) is 5.69 Å². The monoisotopic (exact) mass is 267 g/mol. The number of benzene rings is 1. The number of esters is 1. The minimum Gasteiger partial charge on any atom is -0.455 e. The molecule has 0 aliphatic heterocycles. The third-order valence-corrected chi connectivity index (χ3v) is 2.90. The van der Waals surface area contributed by atoms with Gasteiger partial charge in [0, 0.05) is 10.6 Å². The van der Waals surface area contributed by atoms with E-state index in [0.29, 0.717) is 5.69 Å². The zero-order valence-corrected chi connectivity index (χ0v) is 11.5. The Bertz CT molecular complexity index is 432. The highest BCUT2D eigenvalue weighted by Gasteiger charge is 2.11. The van der Waals surface area contributed by atoms with Crippen molar-refractivity contribution in [1.29, 1.82) is 0 Å². The summed E-state index contributed by atoms with van der Waals surface area (Å²) in [6, 6.07) is 7.48. The quantitative estimate of drug-likeness (QED) is 0.658. The maximum Gasteiger partial charge on any atom is 0.308 e. The number of nitrogens with one attached hydrogen (secondary N) is 1. The summed E-state index contributed by atoms with van der Waals surface area (Å²) in [5.41, 5.74) is 0.701. The Labute approximate surface area is 111 Å². The molecule has 0 saturated carbocycles. The van der Waals surface area contributed by atoms with Crippen molar-refractivity contribution in [2.24, 2.45) is 5.92 Å². The van der Waals surface area contributed by atoms with Crippen LogP contribution in [0, 0.1) is 5.92 Å². The molecule has 0 aliphatic carbocycles. The van der Waals surface area contributed by atoms with Crippen molar-refractivity contribution in [1.82, 2.24) is 0 Å².